The number of oxazole rings is 5. The smallest absolute Gasteiger partial charge is 0.273 e. The lowest BCUT2D eigenvalue weighted by Gasteiger charge is -2.25. The number of nitrogens with zero attached hydrogens (tertiary/aromatic N) is 5. The Hall–Kier alpha value is -6.32. The molecule has 0 spiro atoms. The van der Waals surface area contributed by atoms with Gasteiger partial charge < -0.3 is 38.0 Å². The Balaban J connectivity index is 0.00000212. The Morgan fingerprint density at radius 2 is 1.14 bits per heavy atom. The monoisotopic (exact) mass is 682 g/mol. The third-order valence-electron chi connectivity index (χ3n) is 7.52. The van der Waals surface area contributed by atoms with Crippen LogP contribution in [0.15, 0.2) is 77.7 Å². The summed E-state index contributed by atoms with van der Waals surface area (Å²) in [5, 5.41) is 8.29. The first-order chi connectivity index (χ1) is 24.2. The highest BCUT2D eigenvalue weighted by atomic mass is 16.4. The van der Waals surface area contributed by atoms with Crippen LogP contribution < -0.4 is 16.0 Å². The van der Waals surface area contributed by atoms with Crippen molar-refractivity contribution in [1.29, 1.82) is 0 Å². The predicted molar refractivity (Wildman–Crippen MR) is 175 cm³/mol. The van der Waals surface area contributed by atoms with E-state index in [1.807, 2.05) is 45.0 Å². The zero-order valence-corrected chi connectivity index (χ0v) is 27.8. The van der Waals surface area contributed by atoms with E-state index in [2.05, 4.69) is 40.9 Å². The molecule has 1 aliphatic rings. The number of hydrogen-bond donors (Lipinski definition) is 3. The quantitative estimate of drug-likeness (QED) is 0.230. The van der Waals surface area contributed by atoms with E-state index in [1.165, 1.54) is 25.1 Å². The minimum Gasteiger partial charge on any atom is -0.446 e. The van der Waals surface area contributed by atoms with Crippen LogP contribution in [0.25, 0.3) is 46.3 Å². The van der Waals surface area contributed by atoms with Crippen molar-refractivity contribution in [3.63, 3.8) is 0 Å². The molecule has 258 valence electrons. The molecule has 0 fully saturated rings. The molecule has 3 amide bonds. The predicted octanol–water partition coefficient (Wildman–Crippen LogP) is 4.74. The van der Waals surface area contributed by atoms with Crippen LogP contribution in [0.1, 0.15) is 55.2 Å². The number of fused-ring (bicyclic) bond motifs is 14. The molecule has 6 heterocycles. The fourth-order valence-electron chi connectivity index (χ4n) is 4.92. The second-order valence-electron chi connectivity index (χ2n) is 11.4. The van der Waals surface area contributed by atoms with E-state index in [-0.39, 0.29) is 76.8 Å². The zero-order valence-electron chi connectivity index (χ0n) is 27.8. The van der Waals surface area contributed by atoms with Crippen molar-refractivity contribution in [2.45, 2.75) is 59.7 Å². The molecule has 0 saturated carbocycles. The largest absolute Gasteiger partial charge is 0.446 e. The van der Waals surface area contributed by atoms with Crippen LogP contribution in [0.4, 0.5) is 0 Å². The standard InChI is InChI=1S/C32H28N8O8.C2H6/c1-15(2)25-28(43)33-9-24-34-20(11-44-24)29-37-22(13-46-29)31-39-23(14-48-31)32-38-21(12-47-32)30-36-19(10-45-30)27(42)35-18(26(41)40-25)8-17-6-4-16(3)5-7-17;1-2/h4-7,10-15,18,25H,8-9H2,1-3H3,(H,33,43)(H,35,42)(H,40,41);1-2H3. The van der Waals surface area contributed by atoms with Gasteiger partial charge in [0, 0.05) is 6.42 Å². The molecule has 1 aromatic carbocycles. The van der Waals surface area contributed by atoms with Gasteiger partial charge in [-0.1, -0.05) is 57.5 Å². The maximum absolute atomic E-state index is 13.7. The van der Waals surface area contributed by atoms with Gasteiger partial charge in [0.1, 0.15) is 43.4 Å². The summed E-state index contributed by atoms with van der Waals surface area (Å²) in [5.74, 6) is -1.49. The summed E-state index contributed by atoms with van der Waals surface area (Å²) < 4.78 is 27.7. The molecule has 50 heavy (non-hydrogen) atoms. The highest BCUT2D eigenvalue weighted by Gasteiger charge is 2.30. The molecule has 3 N–H and O–H groups in total. The van der Waals surface area contributed by atoms with Crippen molar-refractivity contribution in [2.75, 3.05) is 0 Å². The third kappa shape index (κ3) is 7.23. The van der Waals surface area contributed by atoms with E-state index >= 15 is 0 Å². The molecule has 1 aliphatic heterocycles. The molecular formula is C34H34N8O8. The minimum absolute atomic E-state index is 0.00229. The second-order valence-corrected chi connectivity index (χ2v) is 11.4. The van der Waals surface area contributed by atoms with E-state index in [0.717, 1.165) is 17.4 Å². The average molecular weight is 683 g/mol. The average Bonchev–Trinajstić information content (AvgIpc) is 3.95. The van der Waals surface area contributed by atoms with Gasteiger partial charge in [-0.05, 0) is 18.4 Å². The summed E-state index contributed by atoms with van der Waals surface area (Å²) in [7, 11) is 0. The van der Waals surface area contributed by atoms with E-state index in [1.54, 1.807) is 13.8 Å². The number of aromatic nitrogens is 5. The van der Waals surface area contributed by atoms with Gasteiger partial charge >= 0.3 is 0 Å². The first-order valence-corrected chi connectivity index (χ1v) is 15.9. The Bertz CT molecular complexity index is 2100. The van der Waals surface area contributed by atoms with Crippen LogP contribution in [0.3, 0.4) is 0 Å². The molecule has 0 aliphatic carbocycles. The summed E-state index contributed by atoms with van der Waals surface area (Å²) in [6, 6.07) is 5.53. The third-order valence-corrected chi connectivity index (χ3v) is 7.52. The highest BCUT2D eigenvalue weighted by molar-refractivity contribution is 5.97. The van der Waals surface area contributed by atoms with Crippen LogP contribution in [0.5, 0.6) is 0 Å². The molecule has 16 nitrogen and oxygen atoms in total. The fraction of sp³-hybridized carbons (Fsp3) is 0.294. The molecule has 6 aromatic rings. The number of nitrogens with one attached hydrogen (secondary N) is 3. The normalized spacial score (nSPS) is 16.5. The number of benzene rings is 1. The van der Waals surface area contributed by atoms with Gasteiger partial charge in [0.2, 0.25) is 41.3 Å². The van der Waals surface area contributed by atoms with E-state index in [0.29, 0.717) is 0 Å². The van der Waals surface area contributed by atoms with Crippen molar-refractivity contribution < 1.29 is 36.5 Å². The van der Waals surface area contributed by atoms with Crippen molar-refractivity contribution in [3.8, 4) is 46.3 Å². The van der Waals surface area contributed by atoms with Crippen LogP contribution in [0.2, 0.25) is 0 Å². The molecule has 0 saturated heterocycles. The van der Waals surface area contributed by atoms with Crippen LogP contribution in [-0.2, 0) is 22.6 Å². The van der Waals surface area contributed by atoms with Crippen LogP contribution in [-0.4, -0.2) is 54.7 Å². The molecular weight excluding hydrogens is 648 g/mol. The van der Waals surface area contributed by atoms with Crippen molar-refractivity contribution in [2.24, 2.45) is 5.92 Å². The Morgan fingerprint density at radius 3 is 1.68 bits per heavy atom. The van der Waals surface area contributed by atoms with Crippen molar-refractivity contribution >= 4 is 17.7 Å². The van der Waals surface area contributed by atoms with E-state index in [9.17, 15) is 14.4 Å². The first kappa shape index (κ1) is 33.6. The SMILES string of the molecule is CC.Cc1ccc(CC2NC(=O)c3coc(n3)-c3coc(n3)-c3coc(n3)-c3coc(n3)-c3coc(n3)CNC(=O)C(C(C)C)NC2=O)cc1. The molecule has 0 radical (unpaired) electrons. The van der Waals surface area contributed by atoms with Gasteiger partial charge in [0.05, 0.1) is 6.54 Å². The lowest BCUT2D eigenvalue weighted by atomic mass is 10.0. The highest BCUT2D eigenvalue weighted by Crippen LogP contribution is 2.28. The maximum atomic E-state index is 13.7. The van der Waals surface area contributed by atoms with Gasteiger partial charge in [-0.15, -0.1) is 0 Å². The van der Waals surface area contributed by atoms with Gasteiger partial charge in [0.25, 0.3) is 5.91 Å². The van der Waals surface area contributed by atoms with Crippen molar-refractivity contribution in [3.05, 3.63) is 78.3 Å². The summed E-state index contributed by atoms with van der Waals surface area (Å²) in [6.07, 6.45) is 6.58. The second kappa shape index (κ2) is 14.4. The maximum Gasteiger partial charge on any atom is 0.273 e. The number of carbonyl (C=O) groups is 3. The summed E-state index contributed by atoms with van der Waals surface area (Å²) in [4.78, 5) is 62.2. The number of amides is 3. The molecule has 2 unspecified atom stereocenters. The lowest BCUT2D eigenvalue weighted by Crippen LogP contribution is -2.56. The number of hydrogen-bond acceptors (Lipinski definition) is 13. The first-order valence-electron chi connectivity index (χ1n) is 15.9. The number of carbonyl (C=O) groups excluding carboxylic acids is 3. The van der Waals surface area contributed by atoms with Crippen LogP contribution >= 0.6 is 0 Å². The Kier molecular flexibility index (Phi) is 9.69. The Labute approximate surface area is 285 Å². The van der Waals surface area contributed by atoms with Gasteiger partial charge in [-0.25, -0.2) is 24.9 Å². The fourth-order valence-corrected chi connectivity index (χ4v) is 4.92. The Morgan fingerprint density at radius 1 is 0.660 bits per heavy atom. The molecule has 10 bridgehead atoms. The van der Waals surface area contributed by atoms with Gasteiger partial charge in [0.15, 0.2) is 28.5 Å². The summed E-state index contributed by atoms with van der Waals surface area (Å²) in [5.41, 5.74) is 2.73. The molecule has 5 aromatic heterocycles. The van der Waals surface area contributed by atoms with Gasteiger partial charge in [-0.3, -0.25) is 14.4 Å². The molecule has 7 rings (SSSR count). The number of rotatable bonds is 3. The van der Waals surface area contributed by atoms with E-state index < -0.39 is 29.8 Å². The van der Waals surface area contributed by atoms with Crippen LogP contribution in [0, 0.1) is 12.8 Å². The summed E-state index contributed by atoms with van der Waals surface area (Å²) >= 11 is 0. The minimum atomic E-state index is -1.07. The van der Waals surface area contributed by atoms with Crippen molar-refractivity contribution in [1.82, 2.24) is 40.9 Å². The zero-order chi connectivity index (χ0) is 35.4. The van der Waals surface area contributed by atoms with Gasteiger partial charge in [-0.2, -0.15) is 0 Å². The molecule has 16 heteroatoms. The topological polar surface area (TPSA) is 217 Å². The number of aryl methyl sites for hydroxylation is 1. The summed E-state index contributed by atoms with van der Waals surface area (Å²) in [6.45, 7) is 9.45. The lowest BCUT2D eigenvalue weighted by molar-refractivity contribution is -0.131. The van der Waals surface area contributed by atoms with E-state index in [4.69, 9.17) is 22.1 Å². The molecule has 2 atom stereocenters.